The first kappa shape index (κ1) is 12.9. The molecule has 19 heavy (non-hydrogen) atoms. The molecule has 1 aromatic rings. The van der Waals surface area contributed by atoms with E-state index in [1.807, 2.05) is 0 Å². The third-order valence-corrected chi connectivity index (χ3v) is 4.13. The van der Waals surface area contributed by atoms with Crippen molar-refractivity contribution < 1.29 is 9.84 Å². The molecule has 1 heterocycles. The SMILES string of the molecule is CC1(C)Cc2cccc(CNCC3CC(O)C3)c2O1. The van der Waals surface area contributed by atoms with Gasteiger partial charge in [0.25, 0.3) is 0 Å². The molecule has 1 aliphatic heterocycles. The fourth-order valence-electron chi connectivity index (χ4n) is 3.10. The molecule has 0 spiro atoms. The number of rotatable bonds is 4. The van der Waals surface area contributed by atoms with E-state index >= 15 is 0 Å². The number of aliphatic hydroxyl groups excluding tert-OH is 1. The minimum absolute atomic E-state index is 0.0584. The first-order valence-electron chi connectivity index (χ1n) is 7.22. The number of ether oxygens (including phenoxy) is 1. The van der Waals surface area contributed by atoms with Gasteiger partial charge in [-0.1, -0.05) is 18.2 Å². The predicted molar refractivity (Wildman–Crippen MR) is 75.3 cm³/mol. The number of aliphatic hydroxyl groups is 1. The molecule has 1 fully saturated rings. The molecule has 0 aromatic heterocycles. The lowest BCUT2D eigenvalue weighted by Gasteiger charge is -2.31. The monoisotopic (exact) mass is 261 g/mol. The molecule has 1 aromatic carbocycles. The average Bonchev–Trinajstić information content (AvgIpc) is 2.61. The van der Waals surface area contributed by atoms with Crippen molar-refractivity contribution in [2.75, 3.05) is 6.54 Å². The number of hydrogen-bond donors (Lipinski definition) is 2. The van der Waals surface area contributed by atoms with E-state index in [2.05, 4.69) is 37.4 Å². The summed E-state index contributed by atoms with van der Waals surface area (Å²) in [6.45, 7) is 6.12. The maximum absolute atomic E-state index is 9.27. The molecule has 0 bridgehead atoms. The van der Waals surface area contributed by atoms with Crippen LogP contribution in [0.3, 0.4) is 0 Å². The van der Waals surface area contributed by atoms with Crippen LogP contribution in [0.1, 0.15) is 37.8 Å². The minimum atomic E-state index is -0.0729. The summed E-state index contributed by atoms with van der Waals surface area (Å²) < 4.78 is 6.06. The van der Waals surface area contributed by atoms with Crippen LogP contribution in [0.2, 0.25) is 0 Å². The van der Waals surface area contributed by atoms with Gasteiger partial charge in [-0.15, -0.1) is 0 Å². The molecule has 2 aliphatic rings. The van der Waals surface area contributed by atoms with E-state index in [0.29, 0.717) is 5.92 Å². The van der Waals surface area contributed by atoms with Crippen LogP contribution < -0.4 is 10.1 Å². The molecule has 3 rings (SSSR count). The Bertz CT molecular complexity index is 464. The molecule has 3 heteroatoms. The standard InChI is InChI=1S/C16H23NO2/c1-16(2)8-12-4-3-5-13(15(12)19-16)10-17-9-11-6-14(18)7-11/h3-5,11,14,17-18H,6-10H2,1-2H3. The minimum Gasteiger partial charge on any atom is -0.487 e. The fourth-order valence-corrected chi connectivity index (χ4v) is 3.10. The number of para-hydroxylation sites is 1. The Morgan fingerprint density at radius 3 is 2.89 bits per heavy atom. The van der Waals surface area contributed by atoms with Crippen LogP contribution in [0.4, 0.5) is 0 Å². The first-order chi connectivity index (χ1) is 9.03. The van der Waals surface area contributed by atoms with Crippen LogP contribution in [0.25, 0.3) is 0 Å². The van der Waals surface area contributed by atoms with Crippen molar-refractivity contribution in [3.05, 3.63) is 29.3 Å². The first-order valence-corrected chi connectivity index (χ1v) is 7.22. The van der Waals surface area contributed by atoms with Crippen molar-refractivity contribution in [3.8, 4) is 5.75 Å². The highest BCUT2D eigenvalue weighted by Crippen LogP contribution is 2.37. The second-order valence-corrected chi connectivity index (χ2v) is 6.57. The summed E-state index contributed by atoms with van der Waals surface area (Å²) in [6.07, 6.45) is 2.83. The summed E-state index contributed by atoms with van der Waals surface area (Å²) in [4.78, 5) is 0. The number of benzene rings is 1. The smallest absolute Gasteiger partial charge is 0.127 e. The van der Waals surface area contributed by atoms with Gasteiger partial charge in [-0.05, 0) is 44.7 Å². The van der Waals surface area contributed by atoms with Gasteiger partial charge in [0.05, 0.1) is 6.10 Å². The topological polar surface area (TPSA) is 41.5 Å². The van der Waals surface area contributed by atoms with Crippen molar-refractivity contribution in [1.29, 1.82) is 0 Å². The van der Waals surface area contributed by atoms with Crippen molar-refractivity contribution in [3.63, 3.8) is 0 Å². The predicted octanol–water partition coefficient (Wildman–Crippen LogP) is 2.26. The maximum Gasteiger partial charge on any atom is 0.127 e. The lowest BCUT2D eigenvalue weighted by atomic mass is 9.82. The van der Waals surface area contributed by atoms with Crippen LogP contribution in [0, 0.1) is 5.92 Å². The van der Waals surface area contributed by atoms with Crippen LogP contribution in [0.15, 0.2) is 18.2 Å². The fraction of sp³-hybridized carbons (Fsp3) is 0.625. The van der Waals surface area contributed by atoms with Crippen LogP contribution in [-0.4, -0.2) is 23.4 Å². The van der Waals surface area contributed by atoms with Crippen LogP contribution >= 0.6 is 0 Å². The molecule has 2 N–H and O–H groups in total. The van der Waals surface area contributed by atoms with Crippen molar-refractivity contribution in [2.24, 2.45) is 5.92 Å². The zero-order valence-corrected chi connectivity index (χ0v) is 11.8. The molecule has 1 saturated carbocycles. The largest absolute Gasteiger partial charge is 0.487 e. The Morgan fingerprint density at radius 2 is 2.16 bits per heavy atom. The van der Waals surface area contributed by atoms with Crippen molar-refractivity contribution in [2.45, 2.75) is 51.4 Å². The normalized spacial score (nSPS) is 27.5. The summed E-state index contributed by atoms with van der Waals surface area (Å²) in [5.41, 5.74) is 2.50. The van der Waals surface area contributed by atoms with E-state index in [1.165, 1.54) is 11.1 Å². The molecular weight excluding hydrogens is 238 g/mol. The van der Waals surface area contributed by atoms with Gasteiger partial charge in [0.15, 0.2) is 0 Å². The van der Waals surface area contributed by atoms with E-state index in [9.17, 15) is 5.11 Å². The highest BCUT2D eigenvalue weighted by molar-refractivity contribution is 5.45. The zero-order chi connectivity index (χ0) is 13.5. The maximum atomic E-state index is 9.27. The van der Waals surface area contributed by atoms with E-state index < -0.39 is 0 Å². The van der Waals surface area contributed by atoms with Crippen LogP contribution in [0.5, 0.6) is 5.75 Å². The number of nitrogens with one attached hydrogen (secondary N) is 1. The van der Waals surface area contributed by atoms with Crippen LogP contribution in [-0.2, 0) is 13.0 Å². The van der Waals surface area contributed by atoms with Gasteiger partial charge in [0.1, 0.15) is 11.4 Å². The summed E-state index contributed by atoms with van der Waals surface area (Å²) in [5.74, 6) is 1.72. The molecule has 0 saturated heterocycles. The molecular formula is C16H23NO2. The van der Waals surface area contributed by atoms with Gasteiger partial charge < -0.3 is 15.2 Å². The van der Waals surface area contributed by atoms with E-state index in [4.69, 9.17) is 4.74 Å². The second-order valence-electron chi connectivity index (χ2n) is 6.57. The molecule has 1 aliphatic carbocycles. The molecule has 104 valence electrons. The third kappa shape index (κ3) is 2.77. The van der Waals surface area contributed by atoms with Gasteiger partial charge in [0, 0.05) is 18.5 Å². The Labute approximate surface area is 115 Å². The number of fused-ring (bicyclic) bond motifs is 1. The van der Waals surface area contributed by atoms with Gasteiger partial charge in [-0.25, -0.2) is 0 Å². The highest BCUT2D eigenvalue weighted by Gasteiger charge is 2.31. The van der Waals surface area contributed by atoms with Crippen molar-refractivity contribution >= 4 is 0 Å². The van der Waals surface area contributed by atoms with E-state index in [0.717, 1.165) is 38.1 Å². The van der Waals surface area contributed by atoms with Gasteiger partial charge >= 0.3 is 0 Å². The van der Waals surface area contributed by atoms with E-state index in [-0.39, 0.29) is 11.7 Å². The molecule has 0 unspecified atom stereocenters. The average molecular weight is 261 g/mol. The lowest BCUT2D eigenvalue weighted by molar-refractivity contribution is 0.0429. The van der Waals surface area contributed by atoms with Gasteiger partial charge in [-0.2, -0.15) is 0 Å². The Balaban J connectivity index is 1.59. The molecule has 0 amide bonds. The summed E-state index contributed by atoms with van der Waals surface area (Å²) in [7, 11) is 0. The molecule has 0 radical (unpaired) electrons. The van der Waals surface area contributed by atoms with Crippen molar-refractivity contribution in [1.82, 2.24) is 5.32 Å². The highest BCUT2D eigenvalue weighted by atomic mass is 16.5. The molecule has 0 atom stereocenters. The number of hydrogen-bond acceptors (Lipinski definition) is 3. The summed E-state index contributed by atoms with van der Waals surface area (Å²) in [5, 5.41) is 12.8. The Hall–Kier alpha value is -1.06. The molecule has 3 nitrogen and oxygen atoms in total. The summed E-state index contributed by atoms with van der Waals surface area (Å²) >= 11 is 0. The summed E-state index contributed by atoms with van der Waals surface area (Å²) in [6, 6.07) is 6.42. The second kappa shape index (κ2) is 4.80. The third-order valence-electron chi connectivity index (χ3n) is 4.13. The van der Waals surface area contributed by atoms with Gasteiger partial charge in [-0.3, -0.25) is 0 Å². The Kier molecular flexibility index (Phi) is 3.27. The quantitative estimate of drug-likeness (QED) is 0.873. The lowest BCUT2D eigenvalue weighted by Crippen LogP contribution is -2.36. The zero-order valence-electron chi connectivity index (χ0n) is 11.8. The van der Waals surface area contributed by atoms with Gasteiger partial charge in [0.2, 0.25) is 0 Å². The Morgan fingerprint density at radius 1 is 1.37 bits per heavy atom. The van der Waals surface area contributed by atoms with E-state index in [1.54, 1.807) is 0 Å².